The van der Waals surface area contributed by atoms with Gasteiger partial charge in [0, 0.05) is 68.8 Å². The van der Waals surface area contributed by atoms with Crippen LogP contribution in [0, 0.1) is 0 Å². The highest BCUT2D eigenvalue weighted by Crippen LogP contribution is 2.63. The average molecular weight is 2190 g/mol. The number of fused-ring (bicyclic) bond motifs is 18. The minimum atomic E-state index is -3.58. The highest BCUT2D eigenvalue weighted by Gasteiger charge is 2.47. The van der Waals surface area contributed by atoms with Crippen LogP contribution in [-0.4, -0.2) is 30.6 Å². The van der Waals surface area contributed by atoms with Crippen LogP contribution in [0.3, 0.4) is 0 Å². The van der Waals surface area contributed by atoms with Crippen LogP contribution in [0.15, 0.2) is 478 Å². The lowest BCUT2D eigenvalue weighted by atomic mass is 10.0. The lowest BCUT2D eigenvalue weighted by Crippen LogP contribution is -2.26. The largest absolute Gasteiger partial charge is 0.508 e. The van der Waals surface area contributed by atoms with E-state index in [4.69, 9.17) is 27.1 Å². The molecule has 0 aromatic heterocycles. The van der Waals surface area contributed by atoms with E-state index in [0.717, 1.165) is 104 Å². The fraction of sp³-hybridized carbons (Fsp3) is 0. The molecule has 0 aliphatic carbocycles. The van der Waals surface area contributed by atoms with Gasteiger partial charge in [0.25, 0.3) is 0 Å². The van der Waals surface area contributed by atoms with E-state index in [1.807, 2.05) is 291 Å². The second kappa shape index (κ2) is 41.8. The third kappa shape index (κ3) is 19.2. The Bertz CT molecular complexity index is 8590. The number of aromatic hydroxyl groups is 6. The second-order valence-corrected chi connectivity index (χ2v) is 51.6. The summed E-state index contributed by atoms with van der Waals surface area (Å²) >= 11 is 26.7. The van der Waals surface area contributed by atoms with Gasteiger partial charge in [-0.05, 0) is 244 Å². The molecule has 0 amide bonds. The number of rotatable bonds is 8. The van der Waals surface area contributed by atoms with Crippen molar-refractivity contribution < 1.29 is 85.2 Å². The van der Waals surface area contributed by atoms with Crippen LogP contribution in [-0.2, 0) is 27.4 Å². The maximum absolute atomic E-state index is 14.4. The zero-order valence-corrected chi connectivity index (χ0v) is 89.4. The Labute approximate surface area is 897 Å². The van der Waals surface area contributed by atoms with Gasteiger partial charge in [-0.15, -0.1) is 75.8 Å². The van der Waals surface area contributed by atoms with Gasteiger partial charge in [0.15, 0.2) is 0 Å². The highest BCUT2D eigenvalue weighted by atomic mass is 32.1. The molecule has 0 saturated heterocycles. The number of phenols is 6. The number of thiol groups is 6. The fourth-order valence-electron chi connectivity index (χ4n) is 18.8. The molecule has 6 atom stereocenters. The van der Waals surface area contributed by atoms with Crippen LogP contribution in [0.5, 0.6) is 69.0 Å². The minimum Gasteiger partial charge on any atom is -0.508 e. The monoisotopic (exact) mass is 2190 g/mol. The molecular formula is C120H86O18P6S6. The van der Waals surface area contributed by atoms with Gasteiger partial charge in [-0.3, -0.25) is 27.4 Å². The Hall–Kier alpha value is -14.5. The molecule has 6 aliphatic rings. The molecule has 0 spiro atoms. The summed E-state index contributed by atoms with van der Waals surface area (Å²) in [5, 5.41) is 65.8. The molecule has 30 heteroatoms. The lowest BCUT2D eigenvalue weighted by Gasteiger charge is -2.29. The van der Waals surface area contributed by atoms with Crippen LogP contribution < -0.4 is 90.8 Å². The van der Waals surface area contributed by atoms with Gasteiger partial charge in [0.1, 0.15) is 69.0 Å². The maximum Gasteiger partial charge on any atom is 0.311 e. The molecule has 150 heavy (non-hydrogen) atoms. The van der Waals surface area contributed by atoms with Gasteiger partial charge in [-0.2, -0.15) is 0 Å². The summed E-state index contributed by atoms with van der Waals surface area (Å²) in [6, 6.07) is 134. The predicted molar refractivity (Wildman–Crippen MR) is 619 cm³/mol. The Morgan fingerprint density at radius 2 is 0.387 bits per heavy atom. The van der Waals surface area contributed by atoms with Gasteiger partial charge in [0.05, 0.1) is 63.7 Å². The van der Waals surface area contributed by atoms with E-state index < -0.39 is 44.2 Å². The molecule has 6 N–H and O–H groups in total. The molecule has 0 saturated carbocycles. The van der Waals surface area contributed by atoms with Gasteiger partial charge in [-0.25, -0.2) is 0 Å². The first-order valence-electron chi connectivity index (χ1n) is 46.8. The molecule has 20 aromatic rings. The molecule has 18 nitrogen and oxygen atoms in total. The number of hydrogen-bond acceptors (Lipinski definition) is 24. The molecule has 20 aromatic carbocycles. The quantitative estimate of drug-likeness (QED) is 0.0383. The normalized spacial score (nSPS) is 18.1. The van der Waals surface area contributed by atoms with Gasteiger partial charge in [-0.1, -0.05) is 255 Å². The van der Waals surface area contributed by atoms with Crippen LogP contribution in [0.2, 0.25) is 0 Å². The van der Waals surface area contributed by atoms with Crippen molar-refractivity contribution in [3.63, 3.8) is 0 Å². The molecular weight excluding hydrogens is 2110 g/mol. The summed E-state index contributed by atoms with van der Waals surface area (Å²) in [6.45, 7) is 0. The van der Waals surface area contributed by atoms with Crippen molar-refractivity contribution in [2.24, 2.45) is 0 Å². The van der Waals surface area contributed by atoms with Crippen molar-refractivity contribution in [1.29, 1.82) is 0 Å². The molecule has 6 aliphatic heterocycles. The maximum atomic E-state index is 14.4. The summed E-state index contributed by atoms with van der Waals surface area (Å²) in [6.07, 6.45) is 0. The SMILES string of the molecule is O=P1(c2cc(-c3ccc(O)cc3)ccc2O)Oc2ccccc2-c2ccccc21.O=P1(c2cc(-c3ccc(S)cc3)ccc2S)Oc2ccccc2-c2ccccc21.O=P1(c2cc(O)ccc2O)Oc2ccccc2-c2ccccc21.O=P1(c2cc(S)ccc2S)Oc2ccccc2-c2ccccc21.O=P1(c2ccc(O)cc2O)Oc2ccccc2-c2ccccc21.O=P1(c2ccc(S)cc2S)Oc2ccccc2-c2ccccc21. The smallest absolute Gasteiger partial charge is 0.311 e. The molecule has 6 heterocycles. The third-order valence-corrected chi connectivity index (χ3v) is 43.3. The predicted octanol–water partition coefficient (Wildman–Crippen LogP) is 27.1. The molecule has 740 valence electrons. The summed E-state index contributed by atoms with van der Waals surface area (Å²) in [5.41, 5.74) is 14.4. The average Bonchev–Trinajstić information content (AvgIpc) is 0.741. The standard InChI is InChI=1S/C24H17O4P.C24H17O2PS2.2C18H13O4P.2C18H13O2PS2/c25-18-12-9-16(10-13-18)17-11-14-21(26)24(15-17)29(27)23-8-4-2-6-20(23)19-5-1-3-7-22(19)28-29;25-27(22-8-4-2-6-20(22)19-5-1-3-7-21(19)26-27)23-15-17(11-14-24(23)29)16-9-12-18(28)13-10-16;19-12-9-10-18(15(20)11-12)23(21)17-8-4-2-6-14(17)13-5-1-3-7-16(13)22-23;19-12-9-10-15(20)18(11-12)23(21)17-8-4-2-6-14(17)13-5-1-3-7-16(13)22-23;19-21(17-11-12(22)9-10-18(17)23)16-8-4-2-6-14(16)13-5-1-3-7-15(13)20-21;19-21(17-10-9-12(22)11-18(17)23)16-8-4-2-6-14(16)13-5-1-3-7-15(13)20-21/h1-15,25-26H;1-15,28-29H;2*1-11,19-20H;2*1-11,22-23H. The van der Waals surface area contributed by atoms with Crippen LogP contribution in [0.25, 0.3) is 89.0 Å². The third-order valence-electron chi connectivity index (χ3n) is 25.8. The van der Waals surface area contributed by atoms with Crippen LogP contribution in [0.1, 0.15) is 0 Å². The number of para-hydroxylation sites is 6. The van der Waals surface area contributed by atoms with Crippen molar-refractivity contribution in [3.05, 3.63) is 449 Å². The first-order valence-corrected chi connectivity index (χ1v) is 59.2. The van der Waals surface area contributed by atoms with Crippen LogP contribution >= 0.6 is 120 Å². The zero-order valence-electron chi connectivity index (χ0n) is 78.7. The van der Waals surface area contributed by atoms with Crippen molar-refractivity contribution in [2.75, 3.05) is 0 Å². The fourth-order valence-corrected chi connectivity index (χ4v) is 35.3. The number of phenolic OH excluding ortho intramolecular Hbond substituents is 6. The van der Waals surface area contributed by atoms with E-state index in [-0.39, 0.29) is 50.4 Å². The Morgan fingerprint density at radius 3 is 0.747 bits per heavy atom. The van der Waals surface area contributed by atoms with E-state index in [0.29, 0.717) is 96.9 Å². The Morgan fingerprint density at radius 1 is 0.153 bits per heavy atom. The van der Waals surface area contributed by atoms with E-state index >= 15 is 0 Å². The highest BCUT2D eigenvalue weighted by molar-refractivity contribution is 7.84. The lowest BCUT2D eigenvalue weighted by molar-refractivity contribution is 0.450. The van der Waals surface area contributed by atoms with Crippen molar-refractivity contribution in [3.8, 4) is 158 Å². The second-order valence-electron chi connectivity index (χ2n) is 35.1. The van der Waals surface area contributed by atoms with E-state index in [1.165, 1.54) is 42.5 Å². The molecule has 0 radical (unpaired) electrons. The summed E-state index contributed by atoms with van der Waals surface area (Å²) < 4.78 is 120. The Balaban J connectivity index is 0.000000105. The van der Waals surface area contributed by atoms with Crippen LogP contribution in [0.4, 0.5) is 0 Å². The number of hydrogen-bond donors (Lipinski definition) is 12. The van der Waals surface area contributed by atoms with Crippen molar-refractivity contribution >= 4 is 184 Å². The van der Waals surface area contributed by atoms with Gasteiger partial charge in [0.2, 0.25) is 0 Å². The van der Waals surface area contributed by atoms with Crippen molar-refractivity contribution in [2.45, 2.75) is 29.4 Å². The zero-order chi connectivity index (χ0) is 104. The minimum absolute atomic E-state index is 0.0760. The topological polar surface area (TPSA) is 279 Å². The summed E-state index contributed by atoms with van der Waals surface area (Å²) in [5.74, 6) is 2.95. The first-order chi connectivity index (χ1) is 72.5. The molecule has 0 fully saturated rings. The van der Waals surface area contributed by atoms with E-state index in [9.17, 15) is 58.0 Å². The molecule has 6 unspecified atom stereocenters. The van der Waals surface area contributed by atoms with E-state index in [1.54, 1.807) is 115 Å². The van der Waals surface area contributed by atoms with Gasteiger partial charge >= 0.3 is 44.2 Å². The molecule has 26 rings (SSSR count). The summed E-state index contributed by atoms with van der Waals surface area (Å²) in [7, 11) is -20.6. The molecule has 0 bridgehead atoms. The first kappa shape index (κ1) is 101. The van der Waals surface area contributed by atoms with E-state index in [2.05, 4.69) is 75.8 Å². The van der Waals surface area contributed by atoms with Gasteiger partial charge < -0.3 is 57.8 Å². The summed E-state index contributed by atoms with van der Waals surface area (Å²) in [4.78, 5) is 4.31. The van der Waals surface area contributed by atoms with Crippen molar-refractivity contribution in [1.82, 2.24) is 0 Å². The Kier molecular flexibility index (Phi) is 28.2. The number of benzene rings is 20.